The van der Waals surface area contributed by atoms with E-state index in [2.05, 4.69) is 16.0 Å². The quantitative estimate of drug-likeness (QED) is 0.738. The molecule has 122 valence electrons. The summed E-state index contributed by atoms with van der Waals surface area (Å²) >= 11 is 0. The second kappa shape index (κ2) is 10.2. The Kier molecular flexibility index (Phi) is 7.73. The number of nitrogens with one attached hydrogen (secondary N) is 3. The van der Waals surface area contributed by atoms with Gasteiger partial charge in [-0.2, -0.15) is 0 Å². The standard InChI is InChI=1S/C16H26N4O2/c21-16(22-14-15-4-2-1-3-5-15)20-12-10-18-8-6-17-7-9-19-11-13-20/h1-5,17-19H,6-14H2. The second-order valence-electron chi connectivity index (χ2n) is 5.28. The van der Waals surface area contributed by atoms with Gasteiger partial charge in [0, 0.05) is 52.4 Å². The highest BCUT2D eigenvalue weighted by atomic mass is 16.6. The molecule has 0 aromatic heterocycles. The van der Waals surface area contributed by atoms with Crippen LogP contribution >= 0.6 is 0 Å². The van der Waals surface area contributed by atoms with E-state index < -0.39 is 0 Å². The Morgan fingerprint density at radius 3 is 2.05 bits per heavy atom. The van der Waals surface area contributed by atoms with E-state index in [1.807, 2.05) is 30.3 Å². The van der Waals surface area contributed by atoms with Crippen molar-refractivity contribution in [3.63, 3.8) is 0 Å². The zero-order chi connectivity index (χ0) is 15.5. The maximum Gasteiger partial charge on any atom is 0.410 e. The Morgan fingerprint density at radius 1 is 0.909 bits per heavy atom. The molecule has 1 saturated heterocycles. The molecule has 1 aliphatic heterocycles. The number of hydrogen-bond acceptors (Lipinski definition) is 5. The molecular formula is C16H26N4O2. The van der Waals surface area contributed by atoms with Crippen molar-refractivity contribution in [3.8, 4) is 0 Å². The smallest absolute Gasteiger partial charge is 0.410 e. The third-order valence-electron chi connectivity index (χ3n) is 3.54. The van der Waals surface area contributed by atoms with Crippen molar-refractivity contribution >= 4 is 6.09 Å². The van der Waals surface area contributed by atoms with E-state index in [1.54, 1.807) is 4.90 Å². The summed E-state index contributed by atoms with van der Waals surface area (Å²) in [6, 6.07) is 9.76. The zero-order valence-electron chi connectivity index (χ0n) is 13.0. The van der Waals surface area contributed by atoms with Gasteiger partial charge in [-0.3, -0.25) is 0 Å². The van der Waals surface area contributed by atoms with Gasteiger partial charge < -0.3 is 25.6 Å². The van der Waals surface area contributed by atoms with Crippen molar-refractivity contribution in [3.05, 3.63) is 35.9 Å². The van der Waals surface area contributed by atoms with Gasteiger partial charge in [-0.15, -0.1) is 0 Å². The molecule has 0 unspecified atom stereocenters. The third-order valence-corrected chi connectivity index (χ3v) is 3.54. The van der Waals surface area contributed by atoms with Gasteiger partial charge in [0.2, 0.25) is 0 Å². The van der Waals surface area contributed by atoms with E-state index in [1.165, 1.54) is 0 Å². The molecule has 6 nitrogen and oxygen atoms in total. The highest BCUT2D eigenvalue weighted by molar-refractivity contribution is 5.67. The lowest BCUT2D eigenvalue weighted by Gasteiger charge is -2.23. The van der Waals surface area contributed by atoms with Crippen LogP contribution in [-0.4, -0.2) is 63.4 Å². The average molecular weight is 306 g/mol. The fourth-order valence-electron chi connectivity index (χ4n) is 2.26. The molecular weight excluding hydrogens is 280 g/mol. The van der Waals surface area contributed by atoms with E-state index in [0.29, 0.717) is 19.7 Å². The fourth-order valence-corrected chi connectivity index (χ4v) is 2.26. The van der Waals surface area contributed by atoms with Crippen LogP contribution in [0, 0.1) is 0 Å². The topological polar surface area (TPSA) is 65.6 Å². The van der Waals surface area contributed by atoms with Gasteiger partial charge in [0.15, 0.2) is 0 Å². The van der Waals surface area contributed by atoms with Crippen LogP contribution in [0.15, 0.2) is 30.3 Å². The van der Waals surface area contributed by atoms with Crippen molar-refractivity contribution < 1.29 is 9.53 Å². The molecule has 1 aromatic rings. The molecule has 3 N–H and O–H groups in total. The van der Waals surface area contributed by atoms with Crippen molar-refractivity contribution in [1.29, 1.82) is 0 Å². The zero-order valence-corrected chi connectivity index (χ0v) is 13.0. The molecule has 0 saturated carbocycles. The van der Waals surface area contributed by atoms with Crippen LogP contribution in [0.25, 0.3) is 0 Å². The summed E-state index contributed by atoms with van der Waals surface area (Å²) in [7, 11) is 0. The van der Waals surface area contributed by atoms with Crippen molar-refractivity contribution in [2.24, 2.45) is 0 Å². The Morgan fingerprint density at radius 2 is 1.45 bits per heavy atom. The first-order chi connectivity index (χ1) is 10.9. The van der Waals surface area contributed by atoms with Gasteiger partial charge in [0.05, 0.1) is 0 Å². The first-order valence-electron chi connectivity index (χ1n) is 7.94. The predicted octanol–water partition coefficient (Wildman–Crippen LogP) is 0.408. The number of carbonyl (C=O) groups excluding carboxylic acids is 1. The van der Waals surface area contributed by atoms with Crippen LogP contribution in [0.5, 0.6) is 0 Å². The van der Waals surface area contributed by atoms with Gasteiger partial charge in [0.1, 0.15) is 6.61 Å². The predicted molar refractivity (Wildman–Crippen MR) is 86.8 cm³/mol. The van der Waals surface area contributed by atoms with Gasteiger partial charge >= 0.3 is 6.09 Å². The van der Waals surface area contributed by atoms with E-state index in [-0.39, 0.29) is 6.09 Å². The second-order valence-corrected chi connectivity index (χ2v) is 5.28. The monoisotopic (exact) mass is 306 g/mol. The van der Waals surface area contributed by atoms with Gasteiger partial charge in [-0.25, -0.2) is 4.79 Å². The number of amides is 1. The van der Waals surface area contributed by atoms with Crippen molar-refractivity contribution in [1.82, 2.24) is 20.9 Å². The van der Waals surface area contributed by atoms with Crippen molar-refractivity contribution in [2.45, 2.75) is 6.61 Å². The SMILES string of the molecule is O=C(OCc1ccccc1)N1CCNCCNCCNCC1. The average Bonchev–Trinajstić information content (AvgIpc) is 2.54. The largest absolute Gasteiger partial charge is 0.445 e. The van der Waals surface area contributed by atoms with Crippen molar-refractivity contribution in [2.75, 3.05) is 52.4 Å². The first-order valence-corrected chi connectivity index (χ1v) is 7.94. The molecule has 1 aromatic carbocycles. The lowest BCUT2D eigenvalue weighted by Crippen LogP contribution is -2.44. The molecule has 0 spiro atoms. The molecule has 22 heavy (non-hydrogen) atoms. The summed E-state index contributed by atoms with van der Waals surface area (Å²) in [6.45, 7) is 6.91. The normalized spacial score (nSPS) is 18.1. The Labute approximate surface area is 132 Å². The number of hydrogen-bond donors (Lipinski definition) is 3. The summed E-state index contributed by atoms with van der Waals surface area (Å²) in [5, 5.41) is 10.0. The maximum absolute atomic E-state index is 12.2. The summed E-state index contributed by atoms with van der Waals surface area (Å²) in [6.07, 6.45) is -0.248. The molecule has 2 rings (SSSR count). The van der Waals surface area contributed by atoms with E-state index in [4.69, 9.17) is 4.74 Å². The Hall–Kier alpha value is -1.63. The third kappa shape index (κ3) is 6.43. The molecule has 1 aliphatic rings. The lowest BCUT2D eigenvalue weighted by atomic mass is 10.2. The molecule has 0 bridgehead atoms. The molecule has 0 aliphatic carbocycles. The lowest BCUT2D eigenvalue weighted by molar-refractivity contribution is 0.0965. The van der Waals surface area contributed by atoms with Crippen LogP contribution < -0.4 is 16.0 Å². The summed E-state index contributed by atoms with van der Waals surface area (Å²) < 4.78 is 5.41. The summed E-state index contributed by atoms with van der Waals surface area (Å²) in [5.74, 6) is 0. The van der Waals surface area contributed by atoms with Crippen LogP contribution in [0.4, 0.5) is 4.79 Å². The minimum absolute atomic E-state index is 0.248. The Balaban J connectivity index is 1.78. The number of ether oxygens (including phenoxy) is 1. The molecule has 0 radical (unpaired) electrons. The molecule has 0 atom stereocenters. The van der Waals surface area contributed by atoms with Gasteiger partial charge in [0.25, 0.3) is 0 Å². The number of carbonyl (C=O) groups is 1. The molecule has 1 heterocycles. The van der Waals surface area contributed by atoms with E-state index in [9.17, 15) is 4.79 Å². The van der Waals surface area contributed by atoms with Crippen LogP contribution in [0.1, 0.15) is 5.56 Å². The first kappa shape index (κ1) is 16.7. The highest BCUT2D eigenvalue weighted by Gasteiger charge is 2.14. The maximum atomic E-state index is 12.2. The minimum Gasteiger partial charge on any atom is -0.445 e. The van der Waals surface area contributed by atoms with Crippen LogP contribution in [0.3, 0.4) is 0 Å². The highest BCUT2D eigenvalue weighted by Crippen LogP contribution is 2.03. The number of benzene rings is 1. The van der Waals surface area contributed by atoms with E-state index in [0.717, 1.165) is 44.8 Å². The molecule has 1 amide bonds. The van der Waals surface area contributed by atoms with Crippen LogP contribution in [-0.2, 0) is 11.3 Å². The number of nitrogens with zero attached hydrogens (tertiary/aromatic N) is 1. The minimum atomic E-state index is -0.248. The van der Waals surface area contributed by atoms with Crippen LogP contribution in [0.2, 0.25) is 0 Å². The van der Waals surface area contributed by atoms with Gasteiger partial charge in [-0.1, -0.05) is 30.3 Å². The Bertz CT molecular complexity index is 415. The fraction of sp³-hybridized carbons (Fsp3) is 0.562. The number of rotatable bonds is 2. The summed E-state index contributed by atoms with van der Waals surface area (Å²) in [5.41, 5.74) is 1.01. The molecule has 6 heteroatoms. The molecule has 1 fully saturated rings. The van der Waals surface area contributed by atoms with Gasteiger partial charge in [-0.05, 0) is 5.56 Å². The summed E-state index contributed by atoms with van der Waals surface area (Å²) in [4.78, 5) is 14.0. The van der Waals surface area contributed by atoms with E-state index >= 15 is 0 Å².